The first kappa shape index (κ1) is 13.8. The number of imidazole rings is 1. The summed E-state index contributed by atoms with van der Waals surface area (Å²) in [7, 11) is 0. The molecule has 3 rings (SSSR count). The Labute approximate surface area is 123 Å². The maximum atomic E-state index is 5.90. The molecule has 1 atom stereocenters. The van der Waals surface area contributed by atoms with E-state index < -0.39 is 0 Å². The molecule has 0 saturated carbocycles. The molecule has 1 aromatic carbocycles. The van der Waals surface area contributed by atoms with Crippen LogP contribution in [0.25, 0.3) is 0 Å². The van der Waals surface area contributed by atoms with Crippen molar-refractivity contribution >= 4 is 0 Å². The summed E-state index contributed by atoms with van der Waals surface area (Å²) in [5.74, 6) is 2.28. The van der Waals surface area contributed by atoms with Crippen molar-refractivity contribution in [3.63, 3.8) is 0 Å². The molecule has 1 aliphatic rings. The van der Waals surface area contributed by atoms with Crippen LogP contribution < -0.4 is 19.9 Å². The molecule has 0 spiro atoms. The molecule has 0 radical (unpaired) electrons. The topological polar surface area (TPSA) is 71.5 Å². The van der Waals surface area contributed by atoms with E-state index in [9.17, 15) is 0 Å². The second-order valence-corrected chi connectivity index (χ2v) is 5.14. The maximum absolute atomic E-state index is 5.90. The van der Waals surface area contributed by atoms with Crippen molar-refractivity contribution < 1.29 is 14.2 Å². The van der Waals surface area contributed by atoms with Gasteiger partial charge in [0.1, 0.15) is 12.4 Å². The van der Waals surface area contributed by atoms with Crippen molar-refractivity contribution in [1.82, 2.24) is 9.55 Å². The van der Waals surface area contributed by atoms with Crippen LogP contribution in [0.15, 0.2) is 30.9 Å². The molecule has 2 aromatic rings. The van der Waals surface area contributed by atoms with Crippen molar-refractivity contribution in [3.8, 4) is 17.2 Å². The van der Waals surface area contributed by atoms with E-state index in [-0.39, 0.29) is 12.8 Å². The molecular weight excluding hydrogens is 270 g/mol. The van der Waals surface area contributed by atoms with E-state index in [0.717, 1.165) is 35.8 Å². The Balaban J connectivity index is 1.72. The summed E-state index contributed by atoms with van der Waals surface area (Å²) in [6, 6.07) is 3.90. The first-order chi connectivity index (χ1) is 10.2. The van der Waals surface area contributed by atoms with Crippen LogP contribution in [0, 0.1) is 0 Å². The fourth-order valence-corrected chi connectivity index (χ4v) is 2.29. The van der Waals surface area contributed by atoms with Gasteiger partial charge in [0.15, 0.2) is 11.5 Å². The number of nitrogens with two attached hydrogens (primary N) is 1. The fraction of sp³-hybridized carbons (Fsp3) is 0.400. The zero-order valence-electron chi connectivity index (χ0n) is 12.0. The average molecular weight is 289 g/mol. The van der Waals surface area contributed by atoms with Gasteiger partial charge in [0.2, 0.25) is 6.79 Å². The quantitative estimate of drug-likeness (QED) is 0.874. The molecule has 6 heteroatoms. The SMILES string of the molecule is CC(N)Cc1cc2c(cc1OCCn1ccnc1)OCO2. The zero-order chi connectivity index (χ0) is 14.7. The fourth-order valence-electron chi connectivity index (χ4n) is 2.29. The van der Waals surface area contributed by atoms with Gasteiger partial charge < -0.3 is 24.5 Å². The molecule has 2 N–H and O–H groups in total. The highest BCUT2D eigenvalue weighted by Gasteiger charge is 2.18. The lowest BCUT2D eigenvalue weighted by molar-refractivity contribution is 0.173. The lowest BCUT2D eigenvalue weighted by atomic mass is 10.1. The Kier molecular flexibility index (Phi) is 3.96. The third kappa shape index (κ3) is 3.28. The summed E-state index contributed by atoms with van der Waals surface area (Å²) in [5, 5.41) is 0. The number of hydrogen-bond acceptors (Lipinski definition) is 5. The molecule has 2 heterocycles. The van der Waals surface area contributed by atoms with E-state index in [1.165, 1.54) is 0 Å². The van der Waals surface area contributed by atoms with Gasteiger partial charge in [-0.05, 0) is 25.0 Å². The van der Waals surface area contributed by atoms with Crippen LogP contribution in [-0.4, -0.2) is 29.0 Å². The summed E-state index contributed by atoms with van der Waals surface area (Å²) in [5.41, 5.74) is 6.95. The normalized spacial score (nSPS) is 14.2. The first-order valence-corrected chi connectivity index (χ1v) is 6.99. The van der Waals surface area contributed by atoms with Gasteiger partial charge in [-0.1, -0.05) is 0 Å². The average Bonchev–Trinajstić information content (AvgIpc) is 3.09. The number of rotatable bonds is 6. The highest BCUT2D eigenvalue weighted by molar-refractivity contribution is 5.52. The van der Waals surface area contributed by atoms with Gasteiger partial charge in [0, 0.05) is 24.5 Å². The van der Waals surface area contributed by atoms with Gasteiger partial charge in [-0.2, -0.15) is 0 Å². The molecule has 6 nitrogen and oxygen atoms in total. The highest BCUT2D eigenvalue weighted by Crippen LogP contribution is 2.38. The number of fused-ring (bicyclic) bond motifs is 1. The van der Waals surface area contributed by atoms with Gasteiger partial charge in [0.05, 0.1) is 12.9 Å². The highest BCUT2D eigenvalue weighted by atomic mass is 16.7. The summed E-state index contributed by atoms with van der Waals surface area (Å²) < 4.78 is 18.7. The van der Waals surface area contributed by atoms with E-state index in [2.05, 4.69) is 4.98 Å². The van der Waals surface area contributed by atoms with Crippen molar-refractivity contribution in [3.05, 3.63) is 36.4 Å². The molecular formula is C15H19N3O3. The maximum Gasteiger partial charge on any atom is 0.231 e. The van der Waals surface area contributed by atoms with Gasteiger partial charge >= 0.3 is 0 Å². The summed E-state index contributed by atoms with van der Waals surface area (Å²) in [6.07, 6.45) is 6.16. The van der Waals surface area contributed by atoms with Crippen LogP contribution in [0.1, 0.15) is 12.5 Å². The van der Waals surface area contributed by atoms with Crippen LogP contribution in [0.5, 0.6) is 17.2 Å². The monoisotopic (exact) mass is 289 g/mol. The van der Waals surface area contributed by atoms with E-state index in [0.29, 0.717) is 6.61 Å². The molecule has 0 fully saturated rings. The molecule has 1 aromatic heterocycles. The van der Waals surface area contributed by atoms with Crippen LogP contribution in [-0.2, 0) is 13.0 Å². The molecule has 1 aliphatic heterocycles. The Hall–Kier alpha value is -2.21. The minimum absolute atomic E-state index is 0.0568. The third-order valence-corrected chi connectivity index (χ3v) is 3.26. The minimum Gasteiger partial charge on any atom is -0.491 e. The van der Waals surface area contributed by atoms with Crippen LogP contribution >= 0.6 is 0 Å². The molecule has 112 valence electrons. The number of aromatic nitrogens is 2. The second kappa shape index (κ2) is 6.05. The zero-order valence-corrected chi connectivity index (χ0v) is 12.0. The Morgan fingerprint density at radius 1 is 1.38 bits per heavy atom. The molecule has 0 aliphatic carbocycles. The van der Waals surface area contributed by atoms with E-state index >= 15 is 0 Å². The molecule has 0 saturated heterocycles. The van der Waals surface area contributed by atoms with Gasteiger partial charge in [-0.25, -0.2) is 4.98 Å². The van der Waals surface area contributed by atoms with Gasteiger partial charge in [-0.15, -0.1) is 0 Å². The van der Waals surface area contributed by atoms with Crippen molar-refractivity contribution in [2.45, 2.75) is 25.9 Å². The van der Waals surface area contributed by atoms with E-state index in [4.69, 9.17) is 19.9 Å². The predicted molar refractivity (Wildman–Crippen MR) is 77.6 cm³/mol. The van der Waals surface area contributed by atoms with Crippen LogP contribution in [0.4, 0.5) is 0 Å². The first-order valence-electron chi connectivity index (χ1n) is 6.99. The summed E-state index contributed by atoms with van der Waals surface area (Å²) in [6.45, 7) is 3.53. The Bertz CT molecular complexity index is 596. The van der Waals surface area contributed by atoms with Gasteiger partial charge in [-0.3, -0.25) is 0 Å². The predicted octanol–water partition coefficient (Wildman–Crippen LogP) is 1.58. The lowest BCUT2D eigenvalue weighted by Gasteiger charge is -2.14. The third-order valence-electron chi connectivity index (χ3n) is 3.26. The standard InChI is InChI=1S/C15H19N3O3/c1-11(16)6-12-7-14-15(21-10-20-14)8-13(12)19-5-4-18-3-2-17-9-18/h2-3,7-9,11H,4-6,10,16H2,1H3. The number of nitrogens with zero attached hydrogens (tertiary/aromatic N) is 2. The number of ether oxygens (including phenoxy) is 3. The van der Waals surface area contributed by atoms with Crippen LogP contribution in [0.3, 0.4) is 0 Å². The van der Waals surface area contributed by atoms with E-state index in [1.807, 2.05) is 29.8 Å². The van der Waals surface area contributed by atoms with Crippen molar-refractivity contribution in [2.24, 2.45) is 5.73 Å². The summed E-state index contributed by atoms with van der Waals surface area (Å²) in [4.78, 5) is 4.01. The summed E-state index contributed by atoms with van der Waals surface area (Å²) >= 11 is 0. The Morgan fingerprint density at radius 2 is 2.19 bits per heavy atom. The molecule has 0 bridgehead atoms. The van der Waals surface area contributed by atoms with Gasteiger partial charge in [0.25, 0.3) is 0 Å². The molecule has 21 heavy (non-hydrogen) atoms. The van der Waals surface area contributed by atoms with Crippen molar-refractivity contribution in [2.75, 3.05) is 13.4 Å². The van der Waals surface area contributed by atoms with Crippen LogP contribution in [0.2, 0.25) is 0 Å². The molecule has 1 unspecified atom stereocenters. The lowest BCUT2D eigenvalue weighted by Crippen LogP contribution is -2.18. The number of hydrogen-bond donors (Lipinski definition) is 1. The second-order valence-electron chi connectivity index (χ2n) is 5.14. The largest absolute Gasteiger partial charge is 0.491 e. The molecule has 0 amide bonds. The number of benzene rings is 1. The smallest absolute Gasteiger partial charge is 0.231 e. The van der Waals surface area contributed by atoms with Crippen molar-refractivity contribution in [1.29, 1.82) is 0 Å². The minimum atomic E-state index is 0.0568. The Morgan fingerprint density at radius 3 is 2.90 bits per heavy atom. The van der Waals surface area contributed by atoms with E-state index in [1.54, 1.807) is 12.5 Å².